The maximum atomic E-state index is 11.3. The first kappa shape index (κ1) is 10.0. The minimum Gasteiger partial charge on any atom is -0.490 e. The number of hydrogen-bond donors (Lipinski definition) is 0. The third-order valence-corrected chi connectivity index (χ3v) is 2.44. The molecule has 0 spiro atoms. The van der Waals surface area contributed by atoms with Crippen molar-refractivity contribution in [1.29, 1.82) is 0 Å². The highest BCUT2D eigenvalue weighted by molar-refractivity contribution is 5.95. The van der Waals surface area contributed by atoms with Crippen LogP contribution in [0.25, 0.3) is 0 Å². The Balaban J connectivity index is 2.48. The van der Waals surface area contributed by atoms with E-state index >= 15 is 0 Å². The van der Waals surface area contributed by atoms with Crippen LogP contribution in [0.4, 0.5) is 0 Å². The SMILES string of the molecule is CC(=O)c1cc(C)c2c(c1)OCCCO2. The summed E-state index contributed by atoms with van der Waals surface area (Å²) in [6, 6.07) is 3.60. The van der Waals surface area contributed by atoms with Crippen LogP contribution in [0.15, 0.2) is 12.1 Å². The molecule has 0 amide bonds. The lowest BCUT2D eigenvalue weighted by Crippen LogP contribution is -1.98. The number of ether oxygens (including phenoxy) is 2. The minimum atomic E-state index is 0.0498. The number of carbonyl (C=O) groups is 1. The third-order valence-electron chi connectivity index (χ3n) is 2.44. The molecule has 0 bridgehead atoms. The normalized spacial score (nSPS) is 14.5. The lowest BCUT2D eigenvalue weighted by atomic mass is 10.1. The van der Waals surface area contributed by atoms with Crippen molar-refractivity contribution >= 4 is 5.78 Å². The molecular formula is C12H14O3. The Kier molecular flexibility index (Phi) is 2.62. The summed E-state index contributed by atoms with van der Waals surface area (Å²) in [5, 5.41) is 0. The number of Topliss-reactive ketones (excluding diaryl/α,β-unsaturated/α-hetero) is 1. The van der Waals surface area contributed by atoms with Crippen molar-refractivity contribution < 1.29 is 14.3 Å². The fourth-order valence-corrected chi connectivity index (χ4v) is 1.65. The van der Waals surface area contributed by atoms with E-state index in [1.165, 1.54) is 0 Å². The van der Waals surface area contributed by atoms with Gasteiger partial charge in [-0.25, -0.2) is 0 Å². The monoisotopic (exact) mass is 206 g/mol. The summed E-state index contributed by atoms with van der Waals surface area (Å²) in [7, 11) is 0. The van der Waals surface area contributed by atoms with Gasteiger partial charge in [-0.2, -0.15) is 0 Å². The van der Waals surface area contributed by atoms with E-state index in [-0.39, 0.29) is 5.78 Å². The van der Waals surface area contributed by atoms with E-state index < -0.39 is 0 Å². The van der Waals surface area contributed by atoms with E-state index in [0.29, 0.717) is 24.5 Å². The van der Waals surface area contributed by atoms with Crippen LogP contribution < -0.4 is 9.47 Å². The summed E-state index contributed by atoms with van der Waals surface area (Å²) in [5.74, 6) is 1.52. The lowest BCUT2D eigenvalue weighted by Gasteiger charge is -2.11. The van der Waals surface area contributed by atoms with Gasteiger partial charge in [-0.05, 0) is 31.5 Å². The molecule has 0 fully saturated rings. The van der Waals surface area contributed by atoms with Crippen molar-refractivity contribution in [3.63, 3.8) is 0 Å². The van der Waals surface area contributed by atoms with Gasteiger partial charge in [0.05, 0.1) is 13.2 Å². The highest BCUT2D eigenvalue weighted by Crippen LogP contribution is 2.34. The van der Waals surface area contributed by atoms with Crippen molar-refractivity contribution in [2.75, 3.05) is 13.2 Å². The van der Waals surface area contributed by atoms with Crippen molar-refractivity contribution in [2.45, 2.75) is 20.3 Å². The quantitative estimate of drug-likeness (QED) is 0.662. The van der Waals surface area contributed by atoms with Gasteiger partial charge >= 0.3 is 0 Å². The smallest absolute Gasteiger partial charge is 0.164 e. The second kappa shape index (κ2) is 3.93. The van der Waals surface area contributed by atoms with Crippen molar-refractivity contribution in [3.05, 3.63) is 23.3 Å². The zero-order valence-corrected chi connectivity index (χ0v) is 9.00. The van der Waals surface area contributed by atoms with Gasteiger partial charge < -0.3 is 9.47 Å². The predicted octanol–water partition coefficient (Wildman–Crippen LogP) is 2.36. The van der Waals surface area contributed by atoms with Crippen LogP contribution in [0.1, 0.15) is 29.3 Å². The van der Waals surface area contributed by atoms with Gasteiger partial charge in [0.2, 0.25) is 0 Å². The molecule has 1 aliphatic rings. The second-order valence-electron chi connectivity index (χ2n) is 3.73. The molecule has 2 rings (SSSR count). The minimum absolute atomic E-state index is 0.0498. The average molecular weight is 206 g/mol. The topological polar surface area (TPSA) is 35.5 Å². The summed E-state index contributed by atoms with van der Waals surface area (Å²) in [4.78, 5) is 11.3. The van der Waals surface area contributed by atoms with Gasteiger partial charge in [-0.1, -0.05) is 0 Å². The van der Waals surface area contributed by atoms with Crippen LogP contribution in [0.2, 0.25) is 0 Å². The number of carbonyl (C=O) groups excluding carboxylic acids is 1. The number of benzene rings is 1. The van der Waals surface area contributed by atoms with E-state index in [2.05, 4.69) is 0 Å². The van der Waals surface area contributed by atoms with E-state index in [1.807, 2.05) is 13.0 Å². The van der Waals surface area contributed by atoms with Crippen LogP contribution in [0.3, 0.4) is 0 Å². The molecule has 1 aromatic rings. The van der Waals surface area contributed by atoms with Gasteiger partial charge in [0.25, 0.3) is 0 Å². The van der Waals surface area contributed by atoms with Gasteiger partial charge in [-0.3, -0.25) is 4.79 Å². The molecule has 15 heavy (non-hydrogen) atoms. The molecule has 0 N–H and O–H groups in total. The van der Waals surface area contributed by atoms with Crippen molar-refractivity contribution in [3.8, 4) is 11.5 Å². The van der Waals surface area contributed by atoms with Gasteiger partial charge in [0, 0.05) is 12.0 Å². The summed E-state index contributed by atoms with van der Waals surface area (Å²) < 4.78 is 11.1. The number of ketones is 1. The second-order valence-corrected chi connectivity index (χ2v) is 3.73. The van der Waals surface area contributed by atoms with Gasteiger partial charge in [-0.15, -0.1) is 0 Å². The molecule has 80 valence electrons. The number of rotatable bonds is 1. The van der Waals surface area contributed by atoms with Crippen molar-refractivity contribution in [2.24, 2.45) is 0 Å². The molecule has 0 unspecified atom stereocenters. The summed E-state index contributed by atoms with van der Waals surface area (Å²) in [6.07, 6.45) is 0.878. The zero-order chi connectivity index (χ0) is 10.8. The van der Waals surface area contributed by atoms with Crippen LogP contribution >= 0.6 is 0 Å². The molecule has 0 radical (unpaired) electrons. The Hall–Kier alpha value is -1.51. The Morgan fingerprint density at radius 3 is 2.73 bits per heavy atom. The Bertz CT molecular complexity index is 396. The van der Waals surface area contributed by atoms with Crippen LogP contribution in [0.5, 0.6) is 11.5 Å². The first-order valence-electron chi connectivity index (χ1n) is 5.09. The molecule has 3 heteroatoms. The number of hydrogen-bond acceptors (Lipinski definition) is 3. The maximum absolute atomic E-state index is 11.3. The summed E-state index contributed by atoms with van der Waals surface area (Å²) in [5.41, 5.74) is 1.64. The fourth-order valence-electron chi connectivity index (χ4n) is 1.65. The predicted molar refractivity (Wildman–Crippen MR) is 56.8 cm³/mol. The van der Waals surface area contributed by atoms with E-state index in [4.69, 9.17) is 9.47 Å². The van der Waals surface area contributed by atoms with E-state index in [9.17, 15) is 4.79 Å². The van der Waals surface area contributed by atoms with Gasteiger partial charge in [0.1, 0.15) is 0 Å². The zero-order valence-electron chi connectivity index (χ0n) is 9.00. The van der Waals surface area contributed by atoms with Crippen molar-refractivity contribution in [1.82, 2.24) is 0 Å². The van der Waals surface area contributed by atoms with Crippen LogP contribution in [-0.4, -0.2) is 19.0 Å². The first-order chi connectivity index (χ1) is 7.18. The molecule has 1 aromatic carbocycles. The number of fused-ring (bicyclic) bond motifs is 1. The standard InChI is InChI=1S/C12H14O3/c1-8-6-10(9(2)13)7-11-12(8)15-5-3-4-14-11/h6-7H,3-5H2,1-2H3. The first-order valence-corrected chi connectivity index (χ1v) is 5.09. The van der Waals surface area contributed by atoms with Gasteiger partial charge in [0.15, 0.2) is 17.3 Å². The lowest BCUT2D eigenvalue weighted by molar-refractivity contribution is 0.101. The maximum Gasteiger partial charge on any atom is 0.164 e. The molecule has 1 heterocycles. The van der Waals surface area contributed by atoms with Crippen LogP contribution in [0, 0.1) is 6.92 Å². The van der Waals surface area contributed by atoms with Crippen LogP contribution in [-0.2, 0) is 0 Å². The molecule has 0 atom stereocenters. The third kappa shape index (κ3) is 1.96. The number of aryl methyl sites for hydroxylation is 1. The fraction of sp³-hybridized carbons (Fsp3) is 0.417. The molecule has 0 aromatic heterocycles. The Morgan fingerprint density at radius 1 is 1.27 bits per heavy atom. The molecular weight excluding hydrogens is 192 g/mol. The Morgan fingerprint density at radius 2 is 2.00 bits per heavy atom. The molecule has 0 saturated carbocycles. The van der Waals surface area contributed by atoms with E-state index in [1.54, 1.807) is 13.0 Å². The highest BCUT2D eigenvalue weighted by atomic mass is 16.5. The Labute approximate surface area is 89.0 Å². The van der Waals surface area contributed by atoms with E-state index in [0.717, 1.165) is 17.7 Å². The molecule has 1 aliphatic heterocycles. The molecule has 0 aliphatic carbocycles. The summed E-state index contributed by atoms with van der Waals surface area (Å²) in [6.45, 7) is 4.81. The molecule has 3 nitrogen and oxygen atoms in total. The largest absolute Gasteiger partial charge is 0.490 e. The molecule has 0 saturated heterocycles. The average Bonchev–Trinajstić information content (AvgIpc) is 2.42. The highest BCUT2D eigenvalue weighted by Gasteiger charge is 2.15. The summed E-state index contributed by atoms with van der Waals surface area (Å²) >= 11 is 0.